The van der Waals surface area contributed by atoms with Gasteiger partial charge in [-0.1, -0.05) is 18.2 Å². The van der Waals surface area contributed by atoms with Crippen molar-refractivity contribution >= 4 is 16.7 Å². The van der Waals surface area contributed by atoms with Gasteiger partial charge in [-0.15, -0.1) is 0 Å². The lowest BCUT2D eigenvalue weighted by Crippen LogP contribution is -2.35. The van der Waals surface area contributed by atoms with Crippen LogP contribution in [0.25, 0.3) is 16.6 Å². The van der Waals surface area contributed by atoms with Crippen LogP contribution in [0.5, 0.6) is 0 Å². The third-order valence-electron chi connectivity index (χ3n) is 5.11. The van der Waals surface area contributed by atoms with Crippen LogP contribution in [0.15, 0.2) is 59.8 Å². The fraction of sp³-hybridized carbons (Fsp3) is 0.217. The Kier molecular flexibility index (Phi) is 5.47. The van der Waals surface area contributed by atoms with E-state index in [4.69, 9.17) is 0 Å². The molecule has 3 heterocycles. The predicted molar refractivity (Wildman–Crippen MR) is 118 cm³/mol. The van der Waals surface area contributed by atoms with Gasteiger partial charge < -0.3 is 10.4 Å². The summed E-state index contributed by atoms with van der Waals surface area (Å²) >= 11 is 0. The Bertz CT molecular complexity index is 1400. The lowest BCUT2D eigenvalue weighted by molar-refractivity contribution is 0.234. The molecule has 0 fully saturated rings. The van der Waals surface area contributed by atoms with Crippen molar-refractivity contribution in [2.24, 2.45) is 0 Å². The maximum atomic E-state index is 14.0. The molecule has 0 aliphatic heterocycles. The minimum absolute atomic E-state index is 0.128. The number of anilines is 1. The van der Waals surface area contributed by atoms with Gasteiger partial charge in [0.05, 0.1) is 47.0 Å². The highest BCUT2D eigenvalue weighted by atomic mass is 19.1. The summed E-state index contributed by atoms with van der Waals surface area (Å²) in [5, 5.41) is 26.7. The normalized spacial score (nSPS) is 11.5. The van der Waals surface area contributed by atoms with Crippen LogP contribution in [-0.4, -0.2) is 36.6 Å². The smallest absolute Gasteiger partial charge is 0.266 e. The number of nitriles is 1. The van der Waals surface area contributed by atoms with Crippen LogP contribution in [0.4, 0.5) is 10.2 Å². The molecular weight excluding hydrogens is 411 g/mol. The number of aliphatic hydroxyl groups is 1. The lowest BCUT2D eigenvalue weighted by Gasteiger charge is -2.24. The zero-order valence-corrected chi connectivity index (χ0v) is 17.6. The topological polar surface area (TPSA) is 109 Å². The van der Waals surface area contributed by atoms with E-state index in [1.54, 1.807) is 55.1 Å². The van der Waals surface area contributed by atoms with E-state index >= 15 is 0 Å². The number of rotatable bonds is 6. The molecule has 2 N–H and O–H groups in total. The van der Waals surface area contributed by atoms with Crippen molar-refractivity contribution in [1.82, 2.24) is 19.3 Å². The van der Waals surface area contributed by atoms with Crippen molar-refractivity contribution in [2.75, 3.05) is 11.9 Å². The Morgan fingerprint density at radius 2 is 2.03 bits per heavy atom. The number of hydrogen-bond acceptors (Lipinski definition) is 6. The van der Waals surface area contributed by atoms with Crippen LogP contribution in [0.1, 0.15) is 25.0 Å². The van der Waals surface area contributed by atoms with E-state index in [-0.39, 0.29) is 30.1 Å². The van der Waals surface area contributed by atoms with E-state index in [2.05, 4.69) is 21.5 Å². The molecule has 3 aromatic heterocycles. The fourth-order valence-corrected chi connectivity index (χ4v) is 3.37. The molecule has 0 saturated heterocycles. The van der Waals surface area contributed by atoms with Gasteiger partial charge in [-0.25, -0.2) is 9.37 Å². The highest BCUT2D eigenvalue weighted by Crippen LogP contribution is 2.21. The summed E-state index contributed by atoms with van der Waals surface area (Å²) in [5.41, 5.74) is 0.593. The number of fused-ring (bicyclic) bond motifs is 1. The first-order chi connectivity index (χ1) is 15.3. The number of hydrogen-bond donors (Lipinski definition) is 2. The van der Waals surface area contributed by atoms with Crippen LogP contribution in [0, 0.1) is 17.1 Å². The SMILES string of the molecule is CC(C)(CO)Nc1cc(-n2ccc3c(cnn3Cc3ccccc3F)c2=O)c(C#N)cn1. The molecule has 0 atom stereocenters. The van der Waals surface area contributed by atoms with Crippen LogP contribution in [0.2, 0.25) is 0 Å². The number of nitrogens with one attached hydrogen (secondary N) is 1. The van der Waals surface area contributed by atoms with Gasteiger partial charge in [0, 0.05) is 24.0 Å². The molecule has 0 radical (unpaired) electrons. The molecule has 0 aliphatic rings. The highest BCUT2D eigenvalue weighted by Gasteiger charge is 2.19. The van der Waals surface area contributed by atoms with Gasteiger partial charge in [0.25, 0.3) is 5.56 Å². The van der Waals surface area contributed by atoms with E-state index < -0.39 is 5.54 Å². The number of nitrogens with zero attached hydrogens (tertiary/aromatic N) is 5. The summed E-state index contributed by atoms with van der Waals surface area (Å²) in [5.74, 6) is 0.0751. The molecule has 0 unspecified atom stereocenters. The van der Waals surface area contributed by atoms with Crippen molar-refractivity contribution in [2.45, 2.75) is 25.9 Å². The third kappa shape index (κ3) is 3.96. The first kappa shape index (κ1) is 21.2. The maximum Gasteiger partial charge on any atom is 0.266 e. The second-order valence-corrected chi connectivity index (χ2v) is 8.05. The summed E-state index contributed by atoms with van der Waals surface area (Å²) in [6.07, 6.45) is 4.38. The van der Waals surface area contributed by atoms with E-state index in [1.807, 2.05) is 0 Å². The largest absolute Gasteiger partial charge is 0.394 e. The van der Waals surface area contributed by atoms with Gasteiger partial charge in [0.15, 0.2) is 0 Å². The van der Waals surface area contributed by atoms with Gasteiger partial charge in [-0.3, -0.25) is 14.0 Å². The first-order valence-electron chi connectivity index (χ1n) is 9.93. The summed E-state index contributed by atoms with van der Waals surface area (Å²) in [6.45, 7) is 3.66. The summed E-state index contributed by atoms with van der Waals surface area (Å²) in [6, 6.07) is 11.8. The molecule has 162 valence electrons. The molecule has 32 heavy (non-hydrogen) atoms. The number of halogens is 1. The summed E-state index contributed by atoms with van der Waals surface area (Å²) in [4.78, 5) is 17.4. The molecule has 1 aromatic carbocycles. The van der Waals surface area contributed by atoms with Crippen molar-refractivity contribution in [3.63, 3.8) is 0 Å². The Hall–Kier alpha value is -4.03. The Balaban J connectivity index is 1.78. The Morgan fingerprint density at radius 3 is 2.75 bits per heavy atom. The quantitative estimate of drug-likeness (QED) is 0.485. The second kappa shape index (κ2) is 8.24. The third-order valence-corrected chi connectivity index (χ3v) is 5.11. The van der Waals surface area contributed by atoms with Crippen LogP contribution in [-0.2, 0) is 6.54 Å². The standard InChI is InChI=1S/C23H21FN6O2/c1-23(2,14-31)28-21-9-20(16(10-25)11-26-21)29-8-7-19-17(22(29)32)12-27-30(19)13-15-5-3-4-6-18(15)24/h3-9,11-12,31H,13-14H2,1-2H3,(H,26,28). The lowest BCUT2D eigenvalue weighted by atomic mass is 10.1. The van der Waals surface area contributed by atoms with Gasteiger partial charge in [0.1, 0.15) is 17.7 Å². The fourth-order valence-electron chi connectivity index (χ4n) is 3.37. The monoisotopic (exact) mass is 432 g/mol. The van der Waals surface area contributed by atoms with Gasteiger partial charge in [-0.2, -0.15) is 10.4 Å². The van der Waals surface area contributed by atoms with Crippen molar-refractivity contribution < 1.29 is 9.50 Å². The average molecular weight is 432 g/mol. The number of aliphatic hydroxyl groups excluding tert-OH is 1. The Morgan fingerprint density at radius 1 is 1.25 bits per heavy atom. The molecule has 0 bridgehead atoms. The predicted octanol–water partition coefficient (Wildman–Crippen LogP) is 2.82. The maximum absolute atomic E-state index is 14.0. The van der Waals surface area contributed by atoms with E-state index in [9.17, 15) is 19.6 Å². The van der Waals surface area contributed by atoms with E-state index in [0.29, 0.717) is 28.0 Å². The molecule has 9 heteroatoms. The Labute approximate surface area is 183 Å². The molecule has 4 aromatic rings. The first-order valence-corrected chi connectivity index (χ1v) is 9.93. The second-order valence-electron chi connectivity index (χ2n) is 8.05. The van der Waals surface area contributed by atoms with E-state index in [0.717, 1.165) is 0 Å². The summed E-state index contributed by atoms with van der Waals surface area (Å²) in [7, 11) is 0. The van der Waals surface area contributed by atoms with Crippen LogP contribution in [0.3, 0.4) is 0 Å². The minimum Gasteiger partial charge on any atom is -0.394 e. The number of pyridine rings is 2. The molecule has 0 saturated carbocycles. The van der Waals surface area contributed by atoms with Crippen molar-refractivity contribution in [3.05, 3.63) is 82.3 Å². The highest BCUT2D eigenvalue weighted by molar-refractivity contribution is 5.78. The average Bonchev–Trinajstić information content (AvgIpc) is 3.19. The van der Waals surface area contributed by atoms with Crippen LogP contribution >= 0.6 is 0 Å². The van der Waals surface area contributed by atoms with E-state index in [1.165, 1.54) is 23.0 Å². The zero-order chi connectivity index (χ0) is 22.9. The molecule has 0 amide bonds. The van der Waals surface area contributed by atoms with Crippen LogP contribution < -0.4 is 10.9 Å². The number of benzene rings is 1. The van der Waals surface area contributed by atoms with Gasteiger partial charge >= 0.3 is 0 Å². The summed E-state index contributed by atoms with van der Waals surface area (Å²) < 4.78 is 17.0. The van der Waals surface area contributed by atoms with Gasteiger partial charge in [-0.05, 0) is 26.0 Å². The molecular formula is C23H21FN6O2. The number of aromatic nitrogens is 4. The molecule has 0 spiro atoms. The molecule has 8 nitrogen and oxygen atoms in total. The molecule has 0 aliphatic carbocycles. The van der Waals surface area contributed by atoms with Crippen molar-refractivity contribution in [3.8, 4) is 11.8 Å². The van der Waals surface area contributed by atoms with Gasteiger partial charge in [0.2, 0.25) is 0 Å². The molecule has 4 rings (SSSR count). The zero-order valence-electron chi connectivity index (χ0n) is 17.6. The van der Waals surface area contributed by atoms with Crippen molar-refractivity contribution in [1.29, 1.82) is 5.26 Å². The minimum atomic E-state index is -0.638.